The summed E-state index contributed by atoms with van der Waals surface area (Å²) in [4.78, 5) is 3.81. The molecule has 0 amide bonds. The van der Waals surface area contributed by atoms with E-state index in [9.17, 15) is 0 Å². The maximum absolute atomic E-state index is 6.19. The quantitative estimate of drug-likeness (QED) is 0.805. The van der Waals surface area contributed by atoms with Gasteiger partial charge in [0.25, 0.3) is 0 Å². The molecule has 0 unspecified atom stereocenters. The molecule has 1 fully saturated rings. The summed E-state index contributed by atoms with van der Waals surface area (Å²) in [5.74, 6) is 0. The van der Waals surface area contributed by atoms with E-state index in [1.807, 2.05) is 30.3 Å². The van der Waals surface area contributed by atoms with E-state index in [2.05, 4.69) is 46.6 Å². The van der Waals surface area contributed by atoms with Gasteiger partial charge in [0.05, 0.1) is 43.4 Å². The number of anilines is 1. The van der Waals surface area contributed by atoms with E-state index in [1.54, 1.807) is 4.90 Å². The largest absolute Gasteiger partial charge is 0.338 e. The molecule has 2 aromatic rings. The summed E-state index contributed by atoms with van der Waals surface area (Å²) in [6, 6.07) is 18.1. The summed E-state index contributed by atoms with van der Waals surface area (Å²) in [5.41, 5.74) is 2.13. The zero-order valence-corrected chi connectivity index (χ0v) is 15.7. The first kappa shape index (κ1) is 17.9. The van der Waals surface area contributed by atoms with E-state index < -0.39 is 0 Å². The molecule has 5 heteroatoms. The van der Waals surface area contributed by atoms with Gasteiger partial charge < -0.3 is 15.1 Å². The van der Waals surface area contributed by atoms with Crippen molar-refractivity contribution in [3.8, 4) is 0 Å². The van der Waals surface area contributed by atoms with Gasteiger partial charge in [-0.2, -0.15) is 0 Å². The van der Waals surface area contributed by atoms with Gasteiger partial charge >= 0.3 is 0 Å². The summed E-state index contributed by atoms with van der Waals surface area (Å²) in [5, 5.41) is 4.71. The Hall–Kier alpha value is -1.88. The highest BCUT2D eigenvalue weighted by Crippen LogP contribution is 2.20. The minimum Gasteiger partial charge on any atom is -0.338 e. The van der Waals surface area contributed by atoms with Crippen molar-refractivity contribution >= 4 is 40.7 Å². The predicted octanol–water partition coefficient (Wildman–Crippen LogP) is 2.95. The molecule has 3 rings (SSSR count). The molecule has 3 nitrogen and oxygen atoms in total. The first-order valence-corrected chi connectivity index (χ1v) is 9.36. The topological polar surface area (TPSA) is 19.7 Å². The lowest BCUT2D eigenvalue weighted by molar-refractivity contribution is -0.897. The monoisotopic (exact) mass is 372 g/mol. The lowest BCUT2D eigenvalue weighted by atomic mass is 10.2. The molecule has 1 aliphatic heterocycles. The third-order valence-corrected chi connectivity index (χ3v) is 5.08. The maximum atomic E-state index is 6.19. The van der Waals surface area contributed by atoms with Crippen LogP contribution in [0, 0.1) is 0 Å². The fraction of sp³-hybridized carbons (Fsp3) is 0.250. The molecule has 1 heterocycles. The van der Waals surface area contributed by atoms with Gasteiger partial charge in [-0.05, 0) is 36.0 Å². The highest BCUT2D eigenvalue weighted by molar-refractivity contribution is 7.80. The fourth-order valence-corrected chi connectivity index (χ4v) is 3.39. The Bertz CT molecular complexity index is 725. The van der Waals surface area contributed by atoms with Gasteiger partial charge in [0.1, 0.15) is 0 Å². The Balaban J connectivity index is 1.44. The van der Waals surface area contributed by atoms with Crippen molar-refractivity contribution < 1.29 is 4.90 Å². The van der Waals surface area contributed by atoms with Gasteiger partial charge in [0.2, 0.25) is 0 Å². The summed E-state index contributed by atoms with van der Waals surface area (Å²) < 4.78 is 0. The van der Waals surface area contributed by atoms with Crippen molar-refractivity contribution in [2.24, 2.45) is 0 Å². The normalized spacial score (nSPS) is 15.5. The van der Waals surface area contributed by atoms with E-state index in [-0.39, 0.29) is 0 Å². The van der Waals surface area contributed by atoms with Gasteiger partial charge in [-0.1, -0.05) is 60.1 Å². The third-order valence-electron chi connectivity index (χ3n) is 4.39. The number of quaternary nitrogens is 1. The zero-order valence-electron chi connectivity index (χ0n) is 14.1. The van der Waals surface area contributed by atoms with Gasteiger partial charge in [-0.15, -0.1) is 0 Å². The van der Waals surface area contributed by atoms with E-state index in [1.165, 1.54) is 5.56 Å². The number of rotatable bonds is 4. The molecule has 130 valence electrons. The number of hydrogen-bond acceptors (Lipinski definition) is 1. The first-order valence-electron chi connectivity index (χ1n) is 8.58. The average molecular weight is 373 g/mol. The molecule has 0 atom stereocenters. The van der Waals surface area contributed by atoms with Gasteiger partial charge in [0, 0.05) is 0 Å². The Kier molecular flexibility index (Phi) is 6.45. The second-order valence-corrected chi connectivity index (χ2v) is 6.96. The van der Waals surface area contributed by atoms with E-state index >= 15 is 0 Å². The molecule has 25 heavy (non-hydrogen) atoms. The lowest BCUT2D eigenvalue weighted by Gasteiger charge is -2.33. The number of para-hydroxylation sites is 1. The smallest absolute Gasteiger partial charge is 0.173 e. The molecule has 0 radical (unpaired) electrons. The van der Waals surface area contributed by atoms with Crippen molar-refractivity contribution in [3.05, 3.63) is 71.3 Å². The highest BCUT2D eigenvalue weighted by Gasteiger charge is 2.21. The van der Waals surface area contributed by atoms with E-state index in [0.29, 0.717) is 5.02 Å². The standard InChI is InChI=1S/C20H22ClN3S/c21-18-10-4-5-11-19(18)22-20(25)24-15-13-23(14-16-24)12-6-9-17-7-2-1-3-8-17/h1-11H,12-16H2,(H,22,25)/p+1/b9-6+. The molecule has 0 aliphatic carbocycles. The maximum Gasteiger partial charge on any atom is 0.173 e. The summed E-state index contributed by atoms with van der Waals surface area (Å²) in [7, 11) is 0. The van der Waals surface area contributed by atoms with Crippen LogP contribution in [0.15, 0.2) is 60.7 Å². The molecule has 0 saturated carbocycles. The van der Waals surface area contributed by atoms with Crippen LogP contribution in [0.4, 0.5) is 5.69 Å². The van der Waals surface area contributed by atoms with Gasteiger partial charge in [-0.25, -0.2) is 0 Å². The van der Waals surface area contributed by atoms with Crippen molar-refractivity contribution in [2.75, 3.05) is 38.0 Å². The number of nitrogens with one attached hydrogen (secondary N) is 2. The number of halogens is 1. The van der Waals surface area contributed by atoms with Crippen LogP contribution < -0.4 is 10.2 Å². The van der Waals surface area contributed by atoms with Gasteiger partial charge in [0.15, 0.2) is 5.11 Å². The summed E-state index contributed by atoms with van der Waals surface area (Å²) in [6.45, 7) is 5.15. The Labute approximate surface area is 159 Å². The highest BCUT2D eigenvalue weighted by atomic mass is 35.5. The van der Waals surface area contributed by atoms with Gasteiger partial charge in [-0.3, -0.25) is 0 Å². The first-order chi connectivity index (χ1) is 12.2. The van der Waals surface area contributed by atoms with E-state index in [0.717, 1.165) is 43.5 Å². The minimum absolute atomic E-state index is 0.695. The van der Waals surface area contributed by atoms with Crippen LogP contribution in [0.25, 0.3) is 6.08 Å². The molecule has 2 aromatic carbocycles. The van der Waals surface area contributed by atoms with Crippen molar-refractivity contribution in [1.29, 1.82) is 0 Å². The molecule has 0 bridgehead atoms. The van der Waals surface area contributed by atoms with E-state index in [4.69, 9.17) is 23.8 Å². The second-order valence-electron chi connectivity index (χ2n) is 6.16. The molecular weight excluding hydrogens is 350 g/mol. The average Bonchev–Trinajstić information content (AvgIpc) is 2.65. The van der Waals surface area contributed by atoms with Crippen LogP contribution in [0.1, 0.15) is 5.56 Å². The lowest BCUT2D eigenvalue weighted by Crippen LogP contribution is -3.14. The van der Waals surface area contributed by atoms with Crippen LogP contribution in [0.2, 0.25) is 5.02 Å². The van der Waals surface area contributed by atoms with Crippen LogP contribution in [0.3, 0.4) is 0 Å². The Morgan fingerprint density at radius 1 is 1.08 bits per heavy atom. The number of benzene rings is 2. The molecule has 1 saturated heterocycles. The Morgan fingerprint density at radius 3 is 2.48 bits per heavy atom. The van der Waals surface area contributed by atoms with Crippen LogP contribution in [-0.4, -0.2) is 42.7 Å². The summed E-state index contributed by atoms with van der Waals surface area (Å²) >= 11 is 11.7. The molecular formula is C20H23ClN3S+. The van der Waals surface area contributed by atoms with Crippen LogP contribution in [0.5, 0.6) is 0 Å². The van der Waals surface area contributed by atoms with Crippen molar-refractivity contribution in [2.45, 2.75) is 0 Å². The van der Waals surface area contributed by atoms with Crippen LogP contribution >= 0.6 is 23.8 Å². The Morgan fingerprint density at radius 2 is 1.76 bits per heavy atom. The predicted molar refractivity (Wildman–Crippen MR) is 110 cm³/mol. The molecule has 0 aromatic heterocycles. The fourth-order valence-electron chi connectivity index (χ4n) is 2.91. The third kappa shape index (κ3) is 5.30. The zero-order chi connectivity index (χ0) is 17.5. The van der Waals surface area contributed by atoms with Crippen molar-refractivity contribution in [3.63, 3.8) is 0 Å². The molecule has 2 N–H and O–H groups in total. The number of nitrogens with zero attached hydrogens (tertiary/aromatic N) is 1. The molecule has 1 aliphatic rings. The SMILES string of the molecule is S=C(Nc1ccccc1Cl)N1CC[NH+](C/C=C/c2ccccc2)CC1. The minimum atomic E-state index is 0.695. The number of thiocarbonyl (C=S) groups is 1. The van der Waals surface area contributed by atoms with Crippen molar-refractivity contribution in [1.82, 2.24) is 4.90 Å². The molecule has 0 spiro atoms. The number of piperazine rings is 1. The summed E-state index contributed by atoms with van der Waals surface area (Å²) in [6.07, 6.45) is 4.46. The number of hydrogen-bond donors (Lipinski definition) is 2. The van der Waals surface area contributed by atoms with Crippen LogP contribution in [-0.2, 0) is 0 Å². The second kappa shape index (κ2) is 8.99.